The van der Waals surface area contributed by atoms with Gasteiger partial charge in [0.1, 0.15) is 0 Å². The molecule has 2 aliphatic rings. The maximum Gasteiger partial charge on any atom is 0.0726 e. The lowest BCUT2D eigenvalue weighted by atomic mass is 9.66. The van der Waals surface area contributed by atoms with E-state index in [9.17, 15) is 0 Å². The Morgan fingerprint density at radius 3 is 1.00 bits per heavy atom. The van der Waals surface area contributed by atoms with Crippen LogP contribution in [0.15, 0.2) is 224 Å². The van der Waals surface area contributed by atoms with Gasteiger partial charge in [0.05, 0.1) is 5.41 Å². The molecule has 1 spiro atoms. The Morgan fingerprint density at radius 1 is 0.232 bits per heavy atom. The minimum absolute atomic E-state index is 0.547. The number of fused-ring (bicyclic) bond motifs is 12. The van der Waals surface area contributed by atoms with E-state index in [1.807, 2.05) is 0 Å². The van der Waals surface area contributed by atoms with Crippen molar-refractivity contribution in [3.8, 4) is 55.6 Å². The van der Waals surface area contributed by atoms with Crippen LogP contribution in [-0.4, -0.2) is 0 Å². The van der Waals surface area contributed by atoms with Gasteiger partial charge in [-0.05, 0) is 114 Å². The van der Waals surface area contributed by atoms with E-state index in [4.69, 9.17) is 0 Å². The lowest BCUT2D eigenvalue weighted by molar-refractivity contribution is 0.775. The highest BCUT2D eigenvalue weighted by atomic mass is 15.1. The number of rotatable bonds is 5. The lowest BCUT2D eigenvalue weighted by Gasteiger charge is -2.36. The van der Waals surface area contributed by atoms with E-state index in [1.54, 1.807) is 0 Å². The van der Waals surface area contributed by atoms with Crippen LogP contribution in [0.4, 0.5) is 17.1 Å². The summed E-state index contributed by atoms with van der Waals surface area (Å²) in [6, 6.07) is 82.7. The molecule has 0 aliphatic heterocycles. The molecule has 0 atom stereocenters. The monoisotopic (exact) mass is 711 g/mol. The molecule has 1 nitrogen and oxygen atoms in total. The van der Waals surface area contributed by atoms with E-state index in [2.05, 4.69) is 229 Å². The molecule has 2 aliphatic carbocycles. The smallest absolute Gasteiger partial charge is 0.0726 e. The van der Waals surface area contributed by atoms with Crippen LogP contribution >= 0.6 is 0 Å². The first-order chi connectivity index (χ1) is 27.8. The average Bonchev–Trinajstić information content (AvgIpc) is 3.53. The van der Waals surface area contributed by atoms with E-state index >= 15 is 0 Å². The second-order valence-corrected chi connectivity index (χ2v) is 14.8. The third kappa shape index (κ3) is 4.88. The van der Waals surface area contributed by atoms with Gasteiger partial charge in [-0.15, -0.1) is 0 Å². The molecule has 9 aromatic carbocycles. The van der Waals surface area contributed by atoms with Crippen molar-refractivity contribution in [3.63, 3.8) is 0 Å². The first-order valence-corrected chi connectivity index (χ1v) is 19.4. The Labute approximate surface area is 328 Å². The van der Waals surface area contributed by atoms with Crippen LogP contribution in [0.25, 0.3) is 55.6 Å². The molecule has 0 heterocycles. The highest BCUT2D eigenvalue weighted by Gasteiger charge is 2.49. The Balaban J connectivity index is 1.19. The van der Waals surface area contributed by atoms with E-state index in [0.717, 1.165) is 17.1 Å². The van der Waals surface area contributed by atoms with Crippen molar-refractivity contribution >= 4 is 17.1 Å². The third-order valence-electron chi connectivity index (χ3n) is 11.9. The van der Waals surface area contributed by atoms with Crippen LogP contribution in [0.2, 0.25) is 0 Å². The summed E-state index contributed by atoms with van der Waals surface area (Å²) in [7, 11) is 0. The van der Waals surface area contributed by atoms with Gasteiger partial charge in [0.15, 0.2) is 0 Å². The van der Waals surface area contributed by atoms with Crippen molar-refractivity contribution in [2.45, 2.75) is 5.41 Å². The molecule has 0 aromatic heterocycles. The van der Waals surface area contributed by atoms with Gasteiger partial charge < -0.3 is 4.90 Å². The SMILES string of the molecule is c1ccc(-c2ccc(N(c3ccc(-c4ccccc4)cc3)c3ccc4c(c3)C3(c5ccccc5-c5ccccc5-4)c4ccccc4-c4ccccc43)cc2)cc1. The molecule has 56 heavy (non-hydrogen) atoms. The summed E-state index contributed by atoms with van der Waals surface area (Å²) >= 11 is 0. The standard InChI is InChI=1S/C55H37N/c1-3-15-38(16-4-1)40-27-31-42(32-28-40)56(43-33-29-41(30-34-43)39-17-5-2-6-18-39)44-35-36-50-46-20-8-7-19-45(46)47-21-9-12-24-51(47)55(54(50)37-44)52-25-13-10-22-48(52)49-23-11-14-26-53(49)55/h1-37H. The summed E-state index contributed by atoms with van der Waals surface area (Å²) < 4.78 is 0. The van der Waals surface area contributed by atoms with Gasteiger partial charge in [-0.2, -0.15) is 0 Å². The molecular formula is C55H37N. The molecule has 0 saturated heterocycles. The molecule has 1 heteroatoms. The number of anilines is 3. The van der Waals surface area contributed by atoms with Crippen molar-refractivity contribution in [1.29, 1.82) is 0 Å². The second kappa shape index (κ2) is 13.0. The van der Waals surface area contributed by atoms with Crippen LogP contribution < -0.4 is 4.90 Å². The largest absolute Gasteiger partial charge is 0.310 e. The Bertz CT molecular complexity index is 2760. The van der Waals surface area contributed by atoms with Gasteiger partial charge >= 0.3 is 0 Å². The highest BCUT2D eigenvalue weighted by molar-refractivity contribution is 5.98. The molecule has 0 fully saturated rings. The van der Waals surface area contributed by atoms with Crippen molar-refractivity contribution < 1.29 is 0 Å². The molecule has 0 saturated carbocycles. The normalized spacial score (nSPS) is 12.8. The zero-order valence-electron chi connectivity index (χ0n) is 30.8. The van der Waals surface area contributed by atoms with E-state index in [-0.39, 0.29) is 0 Å². The summed E-state index contributed by atoms with van der Waals surface area (Å²) in [4.78, 5) is 2.42. The predicted octanol–water partition coefficient (Wildman–Crippen LogP) is 14.5. The molecule has 9 aromatic rings. The Hall–Kier alpha value is -7.22. The van der Waals surface area contributed by atoms with Crippen LogP contribution in [0.1, 0.15) is 22.3 Å². The van der Waals surface area contributed by atoms with E-state index < -0.39 is 5.41 Å². The summed E-state index contributed by atoms with van der Waals surface area (Å²) in [5.74, 6) is 0. The Kier molecular flexibility index (Phi) is 7.47. The second-order valence-electron chi connectivity index (χ2n) is 14.8. The van der Waals surface area contributed by atoms with Gasteiger partial charge in [0.2, 0.25) is 0 Å². The first-order valence-electron chi connectivity index (χ1n) is 19.4. The minimum atomic E-state index is -0.547. The molecule has 0 unspecified atom stereocenters. The molecular weight excluding hydrogens is 675 g/mol. The lowest BCUT2D eigenvalue weighted by Crippen LogP contribution is -2.29. The maximum absolute atomic E-state index is 2.49. The van der Waals surface area contributed by atoms with Gasteiger partial charge in [0, 0.05) is 17.1 Å². The summed E-state index contributed by atoms with van der Waals surface area (Å²) in [5, 5.41) is 0. The van der Waals surface area contributed by atoms with E-state index in [0.29, 0.717) is 0 Å². The Morgan fingerprint density at radius 2 is 0.554 bits per heavy atom. The predicted molar refractivity (Wildman–Crippen MR) is 234 cm³/mol. The van der Waals surface area contributed by atoms with Gasteiger partial charge in [0.25, 0.3) is 0 Å². The van der Waals surface area contributed by atoms with Gasteiger partial charge in [-0.25, -0.2) is 0 Å². The minimum Gasteiger partial charge on any atom is -0.310 e. The van der Waals surface area contributed by atoms with E-state index in [1.165, 1.54) is 77.9 Å². The zero-order chi connectivity index (χ0) is 37.1. The number of nitrogens with zero attached hydrogens (tertiary/aromatic N) is 1. The van der Waals surface area contributed by atoms with Crippen LogP contribution in [0.3, 0.4) is 0 Å². The van der Waals surface area contributed by atoms with Crippen molar-refractivity contribution in [3.05, 3.63) is 247 Å². The molecule has 0 amide bonds. The molecule has 0 N–H and O–H groups in total. The quantitative estimate of drug-likeness (QED) is 0.172. The van der Waals surface area contributed by atoms with Crippen molar-refractivity contribution in [2.75, 3.05) is 4.90 Å². The van der Waals surface area contributed by atoms with Gasteiger partial charge in [-0.1, -0.05) is 188 Å². The third-order valence-corrected chi connectivity index (χ3v) is 11.9. The van der Waals surface area contributed by atoms with Crippen LogP contribution in [0, 0.1) is 0 Å². The number of hydrogen-bond donors (Lipinski definition) is 0. The number of benzene rings is 9. The van der Waals surface area contributed by atoms with Gasteiger partial charge in [-0.3, -0.25) is 0 Å². The maximum atomic E-state index is 2.49. The molecule has 262 valence electrons. The fraction of sp³-hybridized carbons (Fsp3) is 0.0182. The number of hydrogen-bond acceptors (Lipinski definition) is 1. The topological polar surface area (TPSA) is 3.24 Å². The zero-order valence-corrected chi connectivity index (χ0v) is 30.8. The summed E-state index contributed by atoms with van der Waals surface area (Å²) in [6.07, 6.45) is 0. The van der Waals surface area contributed by atoms with Crippen molar-refractivity contribution in [2.24, 2.45) is 0 Å². The van der Waals surface area contributed by atoms with Crippen LogP contribution in [-0.2, 0) is 5.41 Å². The first kappa shape index (κ1) is 32.2. The molecule has 0 bridgehead atoms. The summed E-state index contributed by atoms with van der Waals surface area (Å²) in [5.41, 5.74) is 20.5. The van der Waals surface area contributed by atoms with Crippen LogP contribution in [0.5, 0.6) is 0 Å². The van der Waals surface area contributed by atoms with Crippen molar-refractivity contribution in [1.82, 2.24) is 0 Å². The molecule has 0 radical (unpaired) electrons. The summed E-state index contributed by atoms with van der Waals surface area (Å²) in [6.45, 7) is 0. The highest BCUT2D eigenvalue weighted by Crippen LogP contribution is 2.62. The molecule has 11 rings (SSSR count). The fourth-order valence-electron chi connectivity index (χ4n) is 9.49. The fourth-order valence-corrected chi connectivity index (χ4v) is 9.49. The average molecular weight is 712 g/mol.